The van der Waals surface area contributed by atoms with Gasteiger partial charge in [0.2, 0.25) is 0 Å². The maximum absolute atomic E-state index is 12.8. The lowest BCUT2D eigenvalue weighted by atomic mass is 10.1. The van der Waals surface area contributed by atoms with Crippen molar-refractivity contribution in [3.05, 3.63) is 42.5 Å². The first kappa shape index (κ1) is 12.3. The first-order valence-electron chi connectivity index (χ1n) is 5.04. The van der Waals surface area contributed by atoms with Crippen LogP contribution in [0.4, 0.5) is 13.2 Å². The summed E-state index contributed by atoms with van der Waals surface area (Å²) in [6.45, 7) is 0. The Morgan fingerprint density at radius 3 is 2.33 bits per heavy atom. The number of hydrogen-bond donors (Lipinski definition) is 0. The lowest BCUT2D eigenvalue weighted by molar-refractivity contribution is -0.140. The van der Waals surface area contributed by atoms with Crippen LogP contribution in [0.3, 0.4) is 0 Å². The second-order valence-corrected chi connectivity index (χ2v) is 3.51. The molecule has 0 amide bonds. The van der Waals surface area contributed by atoms with Gasteiger partial charge in [0.15, 0.2) is 5.69 Å². The average Bonchev–Trinajstić information content (AvgIpc) is 2.38. The van der Waals surface area contributed by atoms with Crippen LogP contribution in [0.25, 0.3) is 11.1 Å². The van der Waals surface area contributed by atoms with Crippen LogP contribution in [0.5, 0.6) is 5.75 Å². The molecule has 0 saturated heterocycles. The summed E-state index contributed by atoms with van der Waals surface area (Å²) in [6.07, 6.45) is -2.47. The van der Waals surface area contributed by atoms with Crippen molar-refractivity contribution in [2.75, 3.05) is 7.11 Å². The minimum absolute atomic E-state index is 0.0485. The van der Waals surface area contributed by atoms with Gasteiger partial charge in [0, 0.05) is 11.8 Å². The Hall–Kier alpha value is -2.11. The summed E-state index contributed by atoms with van der Waals surface area (Å²) in [4.78, 5) is 6.94. The topological polar surface area (TPSA) is 35.0 Å². The van der Waals surface area contributed by atoms with E-state index in [4.69, 9.17) is 4.74 Å². The van der Waals surface area contributed by atoms with Crippen molar-refractivity contribution in [2.45, 2.75) is 6.18 Å². The monoisotopic (exact) mass is 254 g/mol. The first-order valence-corrected chi connectivity index (χ1v) is 5.04. The molecular formula is C12H9F3N2O. The minimum atomic E-state index is -4.50. The zero-order valence-corrected chi connectivity index (χ0v) is 9.40. The fraction of sp³-hybridized carbons (Fsp3) is 0.167. The van der Waals surface area contributed by atoms with E-state index >= 15 is 0 Å². The van der Waals surface area contributed by atoms with Gasteiger partial charge in [0.1, 0.15) is 12.1 Å². The van der Waals surface area contributed by atoms with Crippen LogP contribution >= 0.6 is 0 Å². The van der Waals surface area contributed by atoms with E-state index in [-0.39, 0.29) is 5.56 Å². The Morgan fingerprint density at radius 1 is 1.11 bits per heavy atom. The van der Waals surface area contributed by atoms with Crippen molar-refractivity contribution >= 4 is 0 Å². The Kier molecular flexibility index (Phi) is 3.18. The molecule has 0 spiro atoms. The summed E-state index contributed by atoms with van der Waals surface area (Å²) < 4.78 is 43.2. The van der Waals surface area contributed by atoms with Gasteiger partial charge in [-0.1, -0.05) is 12.1 Å². The van der Waals surface area contributed by atoms with Gasteiger partial charge >= 0.3 is 6.18 Å². The number of halogens is 3. The highest BCUT2D eigenvalue weighted by Gasteiger charge is 2.35. The number of rotatable bonds is 2. The molecule has 0 N–H and O–H groups in total. The summed E-state index contributed by atoms with van der Waals surface area (Å²) in [5.74, 6) is 0.573. The van der Waals surface area contributed by atoms with E-state index in [1.807, 2.05) is 0 Å². The van der Waals surface area contributed by atoms with Gasteiger partial charge < -0.3 is 4.74 Å². The molecule has 0 aliphatic heterocycles. The molecule has 94 valence electrons. The van der Waals surface area contributed by atoms with E-state index in [0.717, 1.165) is 12.5 Å². The largest absolute Gasteiger partial charge is 0.497 e. The van der Waals surface area contributed by atoms with Gasteiger partial charge in [-0.3, -0.25) is 0 Å². The smallest absolute Gasteiger partial charge is 0.434 e. The number of alkyl halides is 3. The van der Waals surface area contributed by atoms with Crippen molar-refractivity contribution in [1.29, 1.82) is 0 Å². The van der Waals surface area contributed by atoms with Crippen molar-refractivity contribution in [3.8, 4) is 16.9 Å². The van der Waals surface area contributed by atoms with Crippen molar-refractivity contribution in [1.82, 2.24) is 9.97 Å². The summed E-state index contributed by atoms with van der Waals surface area (Å²) in [6, 6.07) is 6.24. The van der Waals surface area contributed by atoms with Crippen molar-refractivity contribution in [2.24, 2.45) is 0 Å². The van der Waals surface area contributed by atoms with E-state index in [2.05, 4.69) is 9.97 Å². The predicted molar refractivity (Wildman–Crippen MR) is 59.0 cm³/mol. The van der Waals surface area contributed by atoms with E-state index in [1.165, 1.54) is 19.2 Å². The van der Waals surface area contributed by atoms with Crippen LogP contribution in [0.2, 0.25) is 0 Å². The molecule has 0 aliphatic carbocycles. The van der Waals surface area contributed by atoms with Crippen molar-refractivity contribution < 1.29 is 17.9 Å². The number of hydrogen-bond acceptors (Lipinski definition) is 3. The zero-order chi connectivity index (χ0) is 13.2. The average molecular weight is 254 g/mol. The quantitative estimate of drug-likeness (QED) is 0.825. The van der Waals surface area contributed by atoms with Gasteiger partial charge in [-0.25, -0.2) is 9.97 Å². The van der Waals surface area contributed by atoms with E-state index in [9.17, 15) is 13.2 Å². The highest BCUT2D eigenvalue weighted by Crippen LogP contribution is 2.35. The molecule has 18 heavy (non-hydrogen) atoms. The summed E-state index contributed by atoms with van der Waals surface area (Å²) >= 11 is 0. The molecule has 0 unspecified atom stereocenters. The van der Waals surface area contributed by atoms with Gasteiger partial charge in [0.25, 0.3) is 0 Å². The Bertz CT molecular complexity index is 538. The Labute approximate surface area is 101 Å². The zero-order valence-electron chi connectivity index (χ0n) is 9.40. The SMILES string of the molecule is COc1ccc(-c2cncnc2C(F)(F)F)cc1. The number of ether oxygens (including phenoxy) is 1. The molecule has 3 nitrogen and oxygen atoms in total. The maximum Gasteiger partial charge on any atom is 0.434 e. The van der Waals surface area contributed by atoms with Crippen LogP contribution in [0.15, 0.2) is 36.8 Å². The lowest BCUT2D eigenvalue weighted by Crippen LogP contribution is -2.10. The Morgan fingerprint density at radius 2 is 1.78 bits per heavy atom. The summed E-state index contributed by atoms with van der Waals surface area (Å²) in [5.41, 5.74) is -0.598. The molecule has 6 heteroatoms. The van der Waals surface area contributed by atoms with Crippen LogP contribution in [0.1, 0.15) is 5.69 Å². The fourth-order valence-electron chi connectivity index (χ4n) is 1.54. The molecule has 0 aliphatic rings. The number of benzene rings is 1. The van der Waals surface area contributed by atoms with E-state index in [0.29, 0.717) is 11.3 Å². The fourth-order valence-corrected chi connectivity index (χ4v) is 1.54. The van der Waals surface area contributed by atoms with Crippen LogP contribution in [-0.4, -0.2) is 17.1 Å². The molecule has 0 bridgehead atoms. The molecule has 0 fully saturated rings. The third-order valence-electron chi connectivity index (χ3n) is 2.38. The molecular weight excluding hydrogens is 245 g/mol. The molecule has 0 radical (unpaired) electrons. The number of nitrogens with zero attached hydrogens (tertiary/aromatic N) is 2. The molecule has 2 rings (SSSR count). The highest BCUT2D eigenvalue weighted by atomic mass is 19.4. The minimum Gasteiger partial charge on any atom is -0.497 e. The predicted octanol–water partition coefficient (Wildman–Crippen LogP) is 3.17. The molecule has 1 heterocycles. The third kappa shape index (κ3) is 2.42. The van der Waals surface area contributed by atoms with Crippen LogP contribution in [-0.2, 0) is 6.18 Å². The van der Waals surface area contributed by atoms with Gasteiger partial charge in [-0.2, -0.15) is 13.2 Å². The molecule has 2 aromatic rings. The summed E-state index contributed by atoms with van der Waals surface area (Å²) in [7, 11) is 1.49. The van der Waals surface area contributed by atoms with Crippen LogP contribution in [0, 0.1) is 0 Å². The van der Waals surface area contributed by atoms with Crippen LogP contribution < -0.4 is 4.74 Å². The molecule has 1 aromatic heterocycles. The lowest BCUT2D eigenvalue weighted by Gasteiger charge is -2.11. The van der Waals surface area contributed by atoms with Crippen molar-refractivity contribution in [3.63, 3.8) is 0 Å². The van der Waals surface area contributed by atoms with E-state index < -0.39 is 11.9 Å². The second-order valence-electron chi connectivity index (χ2n) is 3.51. The number of methoxy groups -OCH3 is 1. The third-order valence-corrected chi connectivity index (χ3v) is 2.38. The van der Waals surface area contributed by atoms with Gasteiger partial charge in [-0.15, -0.1) is 0 Å². The molecule has 1 aromatic carbocycles. The standard InChI is InChI=1S/C12H9F3N2O/c1-18-9-4-2-8(3-5-9)10-6-16-7-17-11(10)12(13,14)15/h2-7H,1H3. The second kappa shape index (κ2) is 4.64. The molecule has 0 saturated carbocycles. The molecule has 0 atom stereocenters. The summed E-state index contributed by atoms with van der Waals surface area (Å²) in [5, 5.41) is 0. The van der Waals surface area contributed by atoms with E-state index in [1.54, 1.807) is 12.1 Å². The maximum atomic E-state index is 12.8. The van der Waals surface area contributed by atoms with Gasteiger partial charge in [0.05, 0.1) is 7.11 Å². The Balaban J connectivity index is 2.50. The number of aromatic nitrogens is 2. The first-order chi connectivity index (χ1) is 8.52. The normalized spacial score (nSPS) is 11.3. The highest BCUT2D eigenvalue weighted by molar-refractivity contribution is 5.66. The van der Waals surface area contributed by atoms with Gasteiger partial charge in [-0.05, 0) is 17.7 Å².